The van der Waals surface area contributed by atoms with E-state index in [1.54, 1.807) is 0 Å². The molecule has 1 fully saturated rings. The van der Waals surface area contributed by atoms with Crippen molar-refractivity contribution in [1.82, 2.24) is 10.2 Å². The van der Waals surface area contributed by atoms with Gasteiger partial charge in [0.1, 0.15) is 0 Å². The lowest BCUT2D eigenvalue weighted by molar-refractivity contribution is 0.0665. The van der Waals surface area contributed by atoms with E-state index in [0.717, 1.165) is 6.04 Å². The minimum Gasteiger partial charge on any atom is -0.315 e. The van der Waals surface area contributed by atoms with Crippen molar-refractivity contribution in [3.05, 3.63) is 0 Å². The van der Waals surface area contributed by atoms with Crippen LogP contribution in [-0.2, 0) is 0 Å². The molecule has 0 bridgehead atoms. The second-order valence-corrected chi connectivity index (χ2v) is 6.05. The summed E-state index contributed by atoms with van der Waals surface area (Å²) in [5.74, 6) is 0. The molecule has 0 saturated heterocycles. The molecular formula is C14H30N2. The van der Waals surface area contributed by atoms with Gasteiger partial charge in [0.25, 0.3) is 0 Å². The van der Waals surface area contributed by atoms with Crippen molar-refractivity contribution < 1.29 is 0 Å². The molecule has 2 nitrogen and oxygen atoms in total. The molecule has 0 aromatic heterocycles. The van der Waals surface area contributed by atoms with Crippen molar-refractivity contribution in [3.63, 3.8) is 0 Å². The third-order valence-electron chi connectivity index (χ3n) is 4.29. The van der Waals surface area contributed by atoms with Gasteiger partial charge in [-0.1, -0.05) is 33.6 Å². The highest BCUT2D eigenvalue weighted by Gasteiger charge is 2.39. The molecular weight excluding hydrogens is 196 g/mol. The van der Waals surface area contributed by atoms with Crippen molar-refractivity contribution >= 4 is 0 Å². The number of rotatable bonds is 5. The zero-order valence-electron chi connectivity index (χ0n) is 11.8. The molecule has 1 aliphatic carbocycles. The maximum atomic E-state index is 3.56. The molecule has 1 N–H and O–H groups in total. The van der Waals surface area contributed by atoms with Crippen LogP contribution in [0.1, 0.15) is 52.9 Å². The molecule has 0 heterocycles. The zero-order chi connectivity index (χ0) is 12.2. The van der Waals surface area contributed by atoms with Crippen LogP contribution in [0.15, 0.2) is 0 Å². The molecule has 2 heteroatoms. The Morgan fingerprint density at radius 2 is 2.06 bits per heavy atom. The molecule has 0 aromatic rings. The predicted molar refractivity (Wildman–Crippen MR) is 71.8 cm³/mol. The molecule has 0 radical (unpaired) electrons. The molecule has 0 spiro atoms. The SMILES string of the molecule is CCCCN(C)C1CCCC(C)(C)C1NC. The molecule has 2 atom stereocenters. The Bertz CT molecular complexity index is 201. The van der Waals surface area contributed by atoms with E-state index in [0.29, 0.717) is 11.5 Å². The summed E-state index contributed by atoms with van der Waals surface area (Å²) in [6, 6.07) is 1.36. The Morgan fingerprint density at radius 1 is 1.38 bits per heavy atom. The monoisotopic (exact) mass is 226 g/mol. The normalized spacial score (nSPS) is 29.6. The second-order valence-electron chi connectivity index (χ2n) is 6.05. The van der Waals surface area contributed by atoms with Crippen LogP contribution in [0.4, 0.5) is 0 Å². The first-order valence-corrected chi connectivity index (χ1v) is 6.90. The van der Waals surface area contributed by atoms with Crippen LogP contribution in [0, 0.1) is 5.41 Å². The maximum absolute atomic E-state index is 3.56. The standard InChI is InChI=1S/C14H30N2/c1-6-7-11-16(5)12-9-8-10-14(2,3)13(12)15-4/h12-13,15H,6-11H2,1-5H3. The smallest absolute Gasteiger partial charge is 0.0271 e. The molecule has 16 heavy (non-hydrogen) atoms. The topological polar surface area (TPSA) is 15.3 Å². The predicted octanol–water partition coefficient (Wildman–Crippen LogP) is 2.89. The fraction of sp³-hybridized carbons (Fsp3) is 1.00. The van der Waals surface area contributed by atoms with Crippen LogP contribution in [0.5, 0.6) is 0 Å². The van der Waals surface area contributed by atoms with Crippen LogP contribution < -0.4 is 5.32 Å². The van der Waals surface area contributed by atoms with E-state index in [2.05, 4.69) is 45.1 Å². The van der Waals surface area contributed by atoms with E-state index in [-0.39, 0.29) is 0 Å². The summed E-state index contributed by atoms with van der Waals surface area (Å²) in [6.45, 7) is 8.34. The van der Waals surface area contributed by atoms with Crippen molar-refractivity contribution in [1.29, 1.82) is 0 Å². The number of hydrogen-bond donors (Lipinski definition) is 1. The summed E-state index contributed by atoms with van der Waals surface area (Å²) in [5.41, 5.74) is 0.443. The van der Waals surface area contributed by atoms with Gasteiger partial charge in [0.2, 0.25) is 0 Å². The quantitative estimate of drug-likeness (QED) is 0.775. The molecule has 1 rings (SSSR count). The third kappa shape index (κ3) is 3.21. The van der Waals surface area contributed by atoms with E-state index in [1.165, 1.54) is 38.6 Å². The largest absolute Gasteiger partial charge is 0.315 e. The summed E-state index contributed by atoms with van der Waals surface area (Å²) in [5, 5.41) is 3.56. The molecule has 0 amide bonds. The summed E-state index contributed by atoms with van der Waals surface area (Å²) in [4.78, 5) is 2.57. The highest BCUT2D eigenvalue weighted by molar-refractivity contribution is 4.96. The Hall–Kier alpha value is -0.0800. The number of hydrogen-bond acceptors (Lipinski definition) is 2. The number of nitrogens with zero attached hydrogens (tertiary/aromatic N) is 1. The van der Waals surface area contributed by atoms with E-state index in [1.807, 2.05) is 0 Å². The molecule has 96 valence electrons. The third-order valence-corrected chi connectivity index (χ3v) is 4.29. The molecule has 1 saturated carbocycles. The summed E-state index contributed by atoms with van der Waals surface area (Å²) >= 11 is 0. The summed E-state index contributed by atoms with van der Waals surface area (Å²) in [7, 11) is 4.42. The van der Waals surface area contributed by atoms with Crippen LogP contribution in [0.2, 0.25) is 0 Å². The lowest BCUT2D eigenvalue weighted by atomic mass is 9.70. The first kappa shape index (κ1) is 14.0. The van der Waals surface area contributed by atoms with Crippen LogP contribution in [0.25, 0.3) is 0 Å². The van der Waals surface area contributed by atoms with Crippen LogP contribution >= 0.6 is 0 Å². The average Bonchev–Trinajstić information content (AvgIpc) is 2.24. The van der Waals surface area contributed by atoms with E-state index >= 15 is 0 Å². The van der Waals surface area contributed by atoms with E-state index in [9.17, 15) is 0 Å². The summed E-state index contributed by atoms with van der Waals surface area (Å²) < 4.78 is 0. The van der Waals surface area contributed by atoms with Gasteiger partial charge >= 0.3 is 0 Å². The zero-order valence-corrected chi connectivity index (χ0v) is 11.8. The van der Waals surface area contributed by atoms with Gasteiger partial charge in [-0.25, -0.2) is 0 Å². The van der Waals surface area contributed by atoms with Crippen molar-refractivity contribution in [2.24, 2.45) is 5.41 Å². The number of unbranched alkanes of at least 4 members (excludes halogenated alkanes) is 1. The molecule has 1 aliphatic rings. The van der Waals surface area contributed by atoms with Gasteiger partial charge in [-0.3, -0.25) is 0 Å². The van der Waals surface area contributed by atoms with Gasteiger partial charge in [-0.2, -0.15) is 0 Å². The van der Waals surface area contributed by atoms with Crippen LogP contribution in [0.3, 0.4) is 0 Å². The molecule has 2 unspecified atom stereocenters. The van der Waals surface area contributed by atoms with Gasteiger partial charge in [0.05, 0.1) is 0 Å². The van der Waals surface area contributed by atoms with Gasteiger partial charge in [-0.05, 0) is 45.3 Å². The minimum absolute atomic E-state index is 0.443. The minimum atomic E-state index is 0.443. The highest BCUT2D eigenvalue weighted by atomic mass is 15.2. The average molecular weight is 226 g/mol. The van der Waals surface area contributed by atoms with E-state index in [4.69, 9.17) is 0 Å². The Morgan fingerprint density at radius 3 is 2.62 bits per heavy atom. The second kappa shape index (κ2) is 6.02. The van der Waals surface area contributed by atoms with Crippen molar-refractivity contribution in [2.45, 2.75) is 65.0 Å². The Labute approximate surface area is 102 Å². The number of nitrogens with one attached hydrogen (secondary N) is 1. The van der Waals surface area contributed by atoms with Crippen molar-refractivity contribution in [3.8, 4) is 0 Å². The summed E-state index contributed by atoms with van der Waals surface area (Å²) in [6.07, 6.45) is 6.71. The van der Waals surface area contributed by atoms with E-state index < -0.39 is 0 Å². The van der Waals surface area contributed by atoms with Crippen molar-refractivity contribution in [2.75, 3.05) is 20.6 Å². The first-order valence-electron chi connectivity index (χ1n) is 6.90. The van der Waals surface area contributed by atoms with Gasteiger partial charge in [0, 0.05) is 12.1 Å². The van der Waals surface area contributed by atoms with Gasteiger partial charge < -0.3 is 10.2 Å². The van der Waals surface area contributed by atoms with Gasteiger partial charge in [-0.15, -0.1) is 0 Å². The lowest BCUT2D eigenvalue weighted by Crippen LogP contribution is -2.57. The molecule has 0 aliphatic heterocycles. The Kier molecular flexibility index (Phi) is 5.26. The van der Waals surface area contributed by atoms with Crippen LogP contribution in [-0.4, -0.2) is 37.6 Å². The Balaban J connectivity index is 2.62. The maximum Gasteiger partial charge on any atom is 0.0271 e. The first-order chi connectivity index (χ1) is 7.53. The fourth-order valence-corrected chi connectivity index (χ4v) is 3.24. The highest BCUT2D eigenvalue weighted by Crippen LogP contribution is 2.37. The molecule has 0 aromatic carbocycles. The van der Waals surface area contributed by atoms with Gasteiger partial charge in [0.15, 0.2) is 0 Å². The lowest BCUT2D eigenvalue weighted by Gasteiger charge is -2.47. The number of likely N-dealkylation sites (N-methyl/N-ethyl adjacent to an activating group) is 2. The fourth-order valence-electron chi connectivity index (χ4n) is 3.24.